The second-order valence-electron chi connectivity index (χ2n) is 5.80. The molecular weight excluding hydrogens is 352 g/mol. The zero-order valence-electron chi connectivity index (χ0n) is 14.3. The first-order valence-electron chi connectivity index (χ1n) is 8.03. The Hall–Kier alpha value is -3.61. The van der Waals surface area contributed by atoms with Crippen LogP contribution in [0.25, 0.3) is 0 Å². The molecule has 3 rings (SSSR count). The van der Waals surface area contributed by atoms with Crippen LogP contribution in [0, 0.1) is 18.6 Å². The molecule has 0 bridgehead atoms. The number of aryl methyl sites for hydroxylation is 1. The van der Waals surface area contributed by atoms with Gasteiger partial charge in [-0.1, -0.05) is 23.8 Å². The highest BCUT2D eigenvalue weighted by atomic mass is 19.1. The molecule has 0 unspecified atom stereocenters. The molecule has 2 N–H and O–H groups in total. The molecule has 3 aromatic rings. The summed E-state index contributed by atoms with van der Waals surface area (Å²) in [5.41, 5.74) is 1.12. The van der Waals surface area contributed by atoms with E-state index in [0.29, 0.717) is 5.69 Å². The van der Waals surface area contributed by atoms with Crippen LogP contribution in [0.15, 0.2) is 60.8 Å². The van der Waals surface area contributed by atoms with Crippen LogP contribution >= 0.6 is 0 Å². The maximum absolute atomic E-state index is 13.7. The molecule has 0 aliphatic rings. The van der Waals surface area contributed by atoms with Gasteiger partial charge in [0.1, 0.15) is 23.0 Å². The number of pyridine rings is 1. The highest BCUT2D eigenvalue weighted by Crippen LogP contribution is 2.19. The first-order chi connectivity index (χ1) is 12.9. The Kier molecular flexibility index (Phi) is 5.21. The van der Waals surface area contributed by atoms with Crippen molar-refractivity contribution in [1.82, 2.24) is 4.98 Å². The fraction of sp³-hybridized carbons (Fsp3) is 0.0500. The summed E-state index contributed by atoms with van der Waals surface area (Å²) in [7, 11) is 0. The molecule has 0 radical (unpaired) electrons. The van der Waals surface area contributed by atoms with Crippen molar-refractivity contribution in [1.29, 1.82) is 0 Å². The molecule has 1 heterocycles. The number of hydrogen-bond acceptors (Lipinski definition) is 3. The molecule has 0 spiro atoms. The lowest BCUT2D eigenvalue weighted by molar-refractivity contribution is 0.102. The minimum atomic E-state index is -0.894. The summed E-state index contributed by atoms with van der Waals surface area (Å²) in [6.45, 7) is 1.92. The lowest BCUT2D eigenvalue weighted by atomic mass is 10.2. The average Bonchev–Trinajstić information content (AvgIpc) is 2.66. The van der Waals surface area contributed by atoms with E-state index >= 15 is 0 Å². The minimum absolute atomic E-state index is 0.00256. The van der Waals surface area contributed by atoms with Crippen molar-refractivity contribution >= 4 is 23.2 Å². The van der Waals surface area contributed by atoms with Gasteiger partial charge in [-0.15, -0.1) is 0 Å². The van der Waals surface area contributed by atoms with Gasteiger partial charge in [0.15, 0.2) is 0 Å². The van der Waals surface area contributed by atoms with E-state index in [1.807, 2.05) is 19.1 Å². The minimum Gasteiger partial charge on any atom is -0.321 e. The van der Waals surface area contributed by atoms with E-state index < -0.39 is 29.1 Å². The van der Waals surface area contributed by atoms with Gasteiger partial charge in [-0.3, -0.25) is 14.6 Å². The van der Waals surface area contributed by atoms with Gasteiger partial charge in [-0.05, 0) is 43.3 Å². The number of amides is 2. The van der Waals surface area contributed by atoms with Crippen LogP contribution < -0.4 is 10.6 Å². The summed E-state index contributed by atoms with van der Waals surface area (Å²) in [5.74, 6) is -3.05. The van der Waals surface area contributed by atoms with Crippen LogP contribution in [0.1, 0.15) is 26.4 Å². The summed E-state index contributed by atoms with van der Waals surface area (Å²) >= 11 is 0. The normalized spacial score (nSPS) is 10.3. The highest BCUT2D eigenvalue weighted by molar-refractivity contribution is 6.07. The Morgan fingerprint density at radius 1 is 0.889 bits per heavy atom. The Labute approximate surface area is 154 Å². The zero-order valence-corrected chi connectivity index (χ0v) is 14.3. The van der Waals surface area contributed by atoms with Gasteiger partial charge in [-0.25, -0.2) is 8.78 Å². The fourth-order valence-electron chi connectivity index (χ4n) is 2.33. The molecule has 0 aliphatic carbocycles. The van der Waals surface area contributed by atoms with E-state index in [4.69, 9.17) is 0 Å². The maximum atomic E-state index is 13.7. The Bertz CT molecular complexity index is 984. The van der Waals surface area contributed by atoms with Crippen LogP contribution in [0.4, 0.5) is 20.2 Å². The summed E-state index contributed by atoms with van der Waals surface area (Å²) in [6.07, 6.45) is 1.27. The molecule has 0 saturated heterocycles. The number of nitrogens with one attached hydrogen (secondary N) is 2. The zero-order chi connectivity index (χ0) is 19.4. The van der Waals surface area contributed by atoms with E-state index in [2.05, 4.69) is 15.6 Å². The average molecular weight is 367 g/mol. The van der Waals surface area contributed by atoms with Crippen molar-refractivity contribution in [2.45, 2.75) is 6.92 Å². The van der Waals surface area contributed by atoms with Crippen molar-refractivity contribution in [3.63, 3.8) is 0 Å². The number of benzene rings is 2. The molecule has 5 nitrogen and oxygen atoms in total. The van der Waals surface area contributed by atoms with Gasteiger partial charge in [-0.2, -0.15) is 0 Å². The van der Waals surface area contributed by atoms with Crippen molar-refractivity contribution in [3.05, 3.63) is 89.2 Å². The van der Waals surface area contributed by atoms with Crippen LogP contribution in [0.2, 0.25) is 0 Å². The van der Waals surface area contributed by atoms with E-state index in [9.17, 15) is 18.4 Å². The van der Waals surface area contributed by atoms with E-state index in [-0.39, 0.29) is 11.3 Å². The lowest BCUT2D eigenvalue weighted by Crippen LogP contribution is -2.17. The number of hydrogen-bond donors (Lipinski definition) is 2. The summed E-state index contributed by atoms with van der Waals surface area (Å²) in [4.78, 5) is 28.5. The van der Waals surface area contributed by atoms with E-state index in [0.717, 1.165) is 17.7 Å². The first-order valence-corrected chi connectivity index (χ1v) is 8.03. The summed E-state index contributed by atoms with van der Waals surface area (Å²) in [5, 5.41) is 4.83. The molecule has 0 aliphatic heterocycles. The maximum Gasteiger partial charge on any atom is 0.274 e. The van der Waals surface area contributed by atoms with Crippen molar-refractivity contribution in [3.8, 4) is 0 Å². The first kappa shape index (κ1) is 18.2. The third-order valence-electron chi connectivity index (χ3n) is 3.77. The standard InChI is InChI=1S/C20H15F2N3O2/c1-12-5-7-14(8-6-12)24-20(27)17-11-13(9-10-23-17)19(26)25-18-15(21)3-2-4-16(18)22/h2-11H,1H3,(H,24,27)(H,25,26). The molecule has 0 saturated carbocycles. The Balaban J connectivity index is 1.77. The largest absolute Gasteiger partial charge is 0.321 e. The van der Waals surface area contributed by atoms with Gasteiger partial charge in [0.25, 0.3) is 11.8 Å². The lowest BCUT2D eigenvalue weighted by Gasteiger charge is -2.09. The number of para-hydroxylation sites is 1. The number of rotatable bonds is 4. The molecule has 0 atom stereocenters. The monoisotopic (exact) mass is 367 g/mol. The van der Waals surface area contributed by atoms with Crippen molar-refractivity contribution < 1.29 is 18.4 Å². The fourth-order valence-corrected chi connectivity index (χ4v) is 2.33. The third kappa shape index (κ3) is 4.33. The number of anilines is 2. The molecule has 136 valence electrons. The quantitative estimate of drug-likeness (QED) is 0.727. The third-order valence-corrected chi connectivity index (χ3v) is 3.77. The number of halogens is 2. The van der Waals surface area contributed by atoms with Crippen LogP contribution in [-0.2, 0) is 0 Å². The second-order valence-corrected chi connectivity index (χ2v) is 5.80. The number of carbonyl (C=O) groups excluding carboxylic acids is 2. The van der Waals surface area contributed by atoms with Crippen LogP contribution in [0.5, 0.6) is 0 Å². The van der Waals surface area contributed by atoms with Gasteiger partial charge < -0.3 is 10.6 Å². The van der Waals surface area contributed by atoms with E-state index in [1.165, 1.54) is 24.4 Å². The summed E-state index contributed by atoms with van der Waals surface area (Å²) < 4.78 is 27.3. The molecule has 1 aromatic heterocycles. The molecule has 2 aromatic carbocycles. The van der Waals surface area contributed by atoms with Gasteiger partial charge in [0.2, 0.25) is 0 Å². The van der Waals surface area contributed by atoms with Crippen molar-refractivity contribution in [2.75, 3.05) is 10.6 Å². The molecule has 0 fully saturated rings. The second kappa shape index (κ2) is 7.74. The smallest absolute Gasteiger partial charge is 0.274 e. The number of aromatic nitrogens is 1. The molecule has 2 amide bonds. The topological polar surface area (TPSA) is 71.1 Å². The predicted molar refractivity (Wildman–Crippen MR) is 97.7 cm³/mol. The van der Waals surface area contributed by atoms with Gasteiger partial charge in [0.05, 0.1) is 0 Å². The Morgan fingerprint density at radius 2 is 1.56 bits per heavy atom. The number of carbonyl (C=O) groups is 2. The Morgan fingerprint density at radius 3 is 2.22 bits per heavy atom. The van der Waals surface area contributed by atoms with Crippen LogP contribution in [0.3, 0.4) is 0 Å². The van der Waals surface area contributed by atoms with Gasteiger partial charge >= 0.3 is 0 Å². The van der Waals surface area contributed by atoms with E-state index in [1.54, 1.807) is 12.1 Å². The highest BCUT2D eigenvalue weighted by Gasteiger charge is 2.16. The summed E-state index contributed by atoms with van der Waals surface area (Å²) in [6, 6.07) is 13.0. The van der Waals surface area contributed by atoms with Crippen molar-refractivity contribution in [2.24, 2.45) is 0 Å². The van der Waals surface area contributed by atoms with Gasteiger partial charge in [0, 0.05) is 17.4 Å². The SMILES string of the molecule is Cc1ccc(NC(=O)c2cc(C(=O)Nc3c(F)cccc3F)ccn2)cc1. The molecule has 27 heavy (non-hydrogen) atoms. The molecular formula is C20H15F2N3O2. The predicted octanol–water partition coefficient (Wildman–Crippen LogP) is 4.17. The number of nitrogens with zero attached hydrogens (tertiary/aromatic N) is 1. The molecule has 7 heteroatoms. The van der Waals surface area contributed by atoms with Crippen LogP contribution in [-0.4, -0.2) is 16.8 Å².